The molecule has 0 aliphatic carbocycles. The van der Waals surface area contributed by atoms with Crippen LogP contribution in [-0.2, 0) is 28.6 Å². The SMILES string of the molecule is CCCCCCC/C=C\C/C=C\C/C=C\CCCCCCCCCCCCCCCCC(=O)OCC(COC(=O)CCCCCCCCCC)OC(=O)CCCCCCCCCCCCCCCCCC. The van der Waals surface area contributed by atoms with Crippen molar-refractivity contribution in [3.8, 4) is 0 Å². The van der Waals surface area contributed by atoms with Crippen molar-refractivity contribution in [1.82, 2.24) is 0 Å². The molecule has 0 bridgehead atoms. The van der Waals surface area contributed by atoms with Gasteiger partial charge in [0.2, 0.25) is 0 Å². The highest BCUT2D eigenvalue weighted by Gasteiger charge is 2.19. The predicted octanol–water partition coefficient (Wildman–Crippen LogP) is 21.2. The average molecular weight is 998 g/mol. The van der Waals surface area contributed by atoms with Crippen LogP contribution in [0.15, 0.2) is 36.5 Å². The molecule has 0 N–H and O–H groups in total. The zero-order chi connectivity index (χ0) is 51.4. The van der Waals surface area contributed by atoms with Crippen LogP contribution in [0.4, 0.5) is 0 Å². The van der Waals surface area contributed by atoms with E-state index in [1.807, 2.05) is 0 Å². The maximum absolute atomic E-state index is 12.8. The Balaban J connectivity index is 4.08. The van der Waals surface area contributed by atoms with Crippen molar-refractivity contribution in [1.29, 1.82) is 0 Å². The van der Waals surface area contributed by atoms with Gasteiger partial charge in [0.25, 0.3) is 0 Å². The summed E-state index contributed by atoms with van der Waals surface area (Å²) in [4.78, 5) is 38.1. The molecule has 0 aliphatic rings. The van der Waals surface area contributed by atoms with Crippen LogP contribution in [0, 0.1) is 0 Å². The second-order valence-corrected chi connectivity index (χ2v) is 21.3. The standard InChI is InChI=1S/C65H120O6/c1-4-7-10-13-16-19-21-23-25-27-28-29-30-31-32-33-34-35-36-37-38-39-41-42-44-46-49-52-55-58-64(67)70-61-62(60-69-63(66)57-54-51-48-18-15-12-9-6-3)71-65(68)59-56-53-50-47-45-43-40-26-24-22-20-17-14-11-8-5-2/h21,23,27-28,30-31,62H,4-20,22,24-26,29,32-61H2,1-3H3/b23-21-,28-27-,31-30-. The molecule has 6 nitrogen and oxygen atoms in total. The maximum atomic E-state index is 12.8. The van der Waals surface area contributed by atoms with Gasteiger partial charge in [0.15, 0.2) is 6.10 Å². The molecule has 0 rings (SSSR count). The molecule has 0 aromatic carbocycles. The zero-order valence-electron chi connectivity index (χ0n) is 47.8. The first-order valence-electron chi connectivity index (χ1n) is 31.5. The fraction of sp³-hybridized carbons (Fsp3) is 0.862. The van der Waals surface area contributed by atoms with E-state index in [4.69, 9.17) is 14.2 Å². The lowest BCUT2D eigenvalue weighted by Crippen LogP contribution is -2.30. The summed E-state index contributed by atoms with van der Waals surface area (Å²) in [6.45, 7) is 6.65. The van der Waals surface area contributed by atoms with Gasteiger partial charge < -0.3 is 14.2 Å². The van der Waals surface area contributed by atoms with E-state index in [1.165, 1.54) is 231 Å². The first-order valence-corrected chi connectivity index (χ1v) is 31.5. The van der Waals surface area contributed by atoms with Crippen LogP contribution in [0.25, 0.3) is 0 Å². The molecule has 0 amide bonds. The lowest BCUT2D eigenvalue weighted by Gasteiger charge is -2.18. The van der Waals surface area contributed by atoms with Gasteiger partial charge in [0, 0.05) is 19.3 Å². The average Bonchev–Trinajstić information content (AvgIpc) is 3.37. The number of allylic oxidation sites excluding steroid dienone is 6. The first-order chi connectivity index (χ1) is 35.0. The Labute approximate surface area is 442 Å². The van der Waals surface area contributed by atoms with Gasteiger partial charge in [0.05, 0.1) is 0 Å². The number of unbranched alkanes of at least 4 members (excludes halogenated alkanes) is 41. The first kappa shape index (κ1) is 68.6. The van der Waals surface area contributed by atoms with E-state index in [0.717, 1.165) is 70.6 Å². The summed E-state index contributed by atoms with van der Waals surface area (Å²) in [5.74, 6) is -0.851. The van der Waals surface area contributed by atoms with E-state index >= 15 is 0 Å². The van der Waals surface area contributed by atoms with Crippen LogP contribution in [0.5, 0.6) is 0 Å². The smallest absolute Gasteiger partial charge is 0.306 e. The number of esters is 3. The maximum Gasteiger partial charge on any atom is 0.306 e. The Kier molecular flexibility index (Phi) is 58.2. The Morgan fingerprint density at radius 2 is 0.507 bits per heavy atom. The Hall–Kier alpha value is -2.37. The van der Waals surface area contributed by atoms with Crippen molar-refractivity contribution in [2.24, 2.45) is 0 Å². The summed E-state index contributed by atoms with van der Waals surface area (Å²) >= 11 is 0. The third kappa shape index (κ3) is 58.4. The van der Waals surface area contributed by atoms with Gasteiger partial charge in [-0.25, -0.2) is 0 Å². The minimum Gasteiger partial charge on any atom is -0.462 e. The van der Waals surface area contributed by atoms with Crippen molar-refractivity contribution in [3.63, 3.8) is 0 Å². The summed E-state index contributed by atoms with van der Waals surface area (Å²) < 4.78 is 16.9. The molecule has 1 atom stereocenters. The van der Waals surface area contributed by atoms with Crippen LogP contribution in [0.1, 0.15) is 342 Å². The highest BCUT2D eigenvalue weighted by Crippen LogP contribution is 2.17. The van der Waals surface area contributed by atoms with Crippen molar-refractivity contribution < 1.29 is 28.6 Å². The minimum atomic E-state index is -0.766. The van der Waals surface area contributed by atoms with E-state index in [1.54, 1.807) is 0 Å². The van der Waals surface area contributed by atoms with Gasteiger partial charge in [-0.1, -0.05) is 301 Å². The van der Waals surface area contributed by atoms with Crippen LogP contribution < -0.4 is 0 Å². The molecule has 0 aromatic heterocycles. The van der Waals surface area contributed by atoms with Crippen LogP contribution >= 0.6 is 0 Å². The second kappa shape index (κ2) is 60.2. The number of hydrogen-bond acceptors (Lipinski definition) is 6. The third-order valence-corrected chi connectivity index (χ3v) is 14.1. The molecule has 71 heavy (non-hydrogen) atoms. The normalized spacial score (nSPS) is 12.2. The summed E-state index contributed by atoms with van der Waals surface area (Å²) in [5, 5.41) is 0. The minimum absolute atomic E-state index is 0.0668. The van der Waals surface area contributed by atoms with Gasteiger partial charge in [0.1, 0.15) is 13.2 Å². The lowest BCUT2D eigenvalue weighted by atomic mass is 10.0. The fourth-order valence-corrected chi connectivity index (χ4v) is 9.39. The molecule has 0 aliphatic heterocycles. The number of carbonyl (C=O) groups excluding carboxylic acids is 3. The number of hydrogen-bond donors (Lipinski definition) is 0. The lowest BCUT2D eigenvalue weighted by molar-refractivity contribution is -0.167. The fourth-order valence-electron chi connectivity index (χ4n) is 9.39. The third-order valence-electron chi connectivity index (χ3n) is 14.1. The zero-order valence-corrected chi connectivity index (χ0v) is 47.8. The molecule has 0 spiro atoms. The largest absolute Gasteiger partial charge is 0.462 e. The molecule has 0 aromatic rings. The molecule has 0 heterocycles. The second-order valence-electron chi connectivity index (χ2n) is 21.3. The van der Waals surface area contributed by atoms with Crippen molar-refractivity contribution >= 4 is 17.9 Å². The number of rotatable bonds is 58. The highest BCUT2D eigenvalue weighted by atomic mass is 16.6. The Bertz CT molecular complexity index is 1190. The van der Waals surface area contributed by atoms with Crippen LogP contribution in [0.2, 0.25) is 0 Å². The topological polar surface area (TPSA) is 78.9 Å². The summed E-state index contributed by atoms with van der Waals surface area (Å²) in [5.41, 5.74) is 0. The summed E-state index contributed by atoms with van der Waals surface area (Å²) in [7, 11) is 0. The molecule has 416 valence electrons. The van der Waals surface area contributed by atoms with E-state index in [9.17, 15) is 14.4 Å². The van der Waals surface area contributed by atoms with Crippen molar-refractivity contribution in [2.45, 2.75) is 348 Å². The molecule has 6 heteroatoms. The molecule has 1 unspecified atom stereocenters. The molecular formula is C65H120O6. The van der Waals surface area contributed by atoms with E-state index < -0.39 is 6.10 Å². The van der Waals surface area contributed by atoms with Gasteiger partial charge >= 0.3 is 17.9 Å². The summed E-state index contributed by atoms with van der Waals surface area (Å²) in [6.07, 6.45) is 73.1. The van der Waals surface area contributed by atoms with E-state index in [0.29, 0.717) is 19.3 Å². The molecular weight excluding hydrogens is 877 g/mol. The Morgan fingerprint density at radius 1 is 0.282 bits per heavy atom. The molecule has 0 saturated carbocycles. The van der Waals surface area contributed by atoms with Gasteiger partial charge in [-0.3, -0.25) is 14.4 Å². The van der Waals surface area contributed by atoms with Gasteiger partial charge in [-0.2, -0.15) is 0 Å². The molecule has 0 fully saturated rings. The highest BCUT2D eigenvalue weighted by molar-refractivity contribution is 5.71. The monoisotopic (exact) mass is 997 g/mol. The van der Waals surface area contributed by atoms with E-state index in [-0.39, 0.29) is 31.1 Å². The van der Waals surface area contributed by atoms with Gasteiger partial charge in [-0.15, -0.1) is 0 Å². The molecule has 0 saturated heterocycles. The molecule has 0 radical (unpaired) electrons. The Morgan fingerprint density at radius 3 is 0.789 bits per heavy atom. The van der Waals surface area contributed by atoms with Crippen molar-refractivity contribution in [2.75, 3.05) is 13.2 Å². The van der Waals surface area contributed by atoms with Gasteiger partial charge in [-0.05, 0) is 57.8 Å². The van der Waals surface area contributed by atoms with Crippen LogP contribution in [-0.4, -0.2) is 37.2 Å². The van der Waals surface area contributed by atoms with Crippen molar-refractivity contribution in [3.05, 3.63) is 36.5 Å². The number of ether oxygens (including phenoxy) is 3. The number of carbonyl (C=O) groups is 3. The van der Waals surface area contributed by atoms with E-state index in [2.05, 4.69) is 57.2 Å². The summed E-state index contributed by atoms with van der Waals surface area (Å²) in [6, 6.07) is 0. The van der Waals surface area contributed by atoms with Crippen LogP contribution in [0.3, 0.4) is 0 Å². The predicted molar refractivity (Wildman–Crippen MR) is 307 cm³/mol. The quantitative estimate of drug-likeness (QED) is 0.0261.